The number of carbonyl (C=O) groups is 2. The summed E-state index contributed by atoms with van der Waals surface area (Å²) in [4.78, 5) is 28.1. The summed E-state index contributed by atoms with van der Waals surface area (Å²) in [5, 5.41) is 175. The second kappa shape index (κ2) is 25.2. The minimum absolute atomic E-state index is 0.000916. The van der Waals surface area contributed by atoms with Crippen molar-refractivity contribution in [1.82, 2.24) is 0 Å². The molecule has 0 amide bonds. The van der Waals surface area contributed by atoms with Crippen LogP contribution in [0.4, 0.5) is 0 Å². The lowest BCUT2D eigenvalue weighted by Gasteiger charge is -2.71. The first-order chi connectivity index (χ1) is 41.2. The van der Waals surface area contributed by atoms with Crippen LogP contribution in [0.3, 0.4) is 0 Å². The van der Waals surface area contributed by atoms with Crippen LogP contribution in [-0.4, -0.2) is 267 Å². The number of carbonyl (C=O) groups excluding carboxylic acids is 1. The Hall–Kier alpha value is -2.24. The highest BCUT2D eigenvalue weighted by atomic mass is 16.8. The van der Waals surface area contributed by atoms with E-state index in [0.717, 1.165) is 5.57 Å². The zero-order valence-corrected chi connectivity index (χ0v) is 51.4. The maximum absolute atomic E-state index is 15.4. The van der Waals surface area contributed by atoms with Gasteiger partial charge < -0.3 is 124 Å². The molecule has 0 aromatic heterocycles. The lowest BCUT2D eigenvalue weighted by molar-refractivity contribution is -0.383. The van der Waals surface area contributed by atoms with Crippen LogP contribution in [0, 0.1) is 56.2 Å². The maximum atomic E-state index is 15.4. The fourth-order valence-electron chi connectivity index (χ4n) is 18.3. The molecule has 10 aliphatic rings. The van der Waals surface area contributed by atoms with Gasteiger partial charge in [0.15, 0.2) is 31.1 Å². The standard InChI is InChI=1S/C61H98O27/c1-24-19-28(36(67)39(70)34(24)65)81-47-41(72)37(68)29(21-62)82-52(47)87-49-44(75)43(74)46(50(77)78)85-54(49)84-33-12-13-57(5)31(58(33,6)23-64)11-14-60(8)32(57)10-9-26-27-20-56(3,4)15-17-61(27,18-16-59(26,60)7)55(79)88-53-48(42(73)38(69)30(22-63)83-53)86-51-45(76)40(71)35(66)25(2)80-51/h9,24-25,27-49,51-54,62-76H,10-23H2,1-8H3,(H,77,78). The van der Waals surface area contributed by atoms with Crippen LogP contribution >= 0.6 is 0 Å². The molecule has 0 bridgehead atoms. The Morgan fingerprint density at radius 1 is 0.557 bits per heavy atom. The summed E-state index contributed by atoms with van der Waals surface area (Å²) in [6.07, 6.45) is -34.1. The first-order valence-electron chi connectivity index (χ1n) is 31.6. The third-order valence-electron chi connectivity index (χ3n) is 24.1. The predicted molar refractivity (Wildman–Crippen MR) is 298 cm³/mol. The van der Waals surface area contributed by atoms with E-state index in [0.29, 0.717) is 57.8 Å². The summed E-state index contributed by atoms with van der Waals surface area (Å²) in [5.41, 5.74) is -2.64. The zero-order chi connectivity index (χ0) is 64.4. The molecular formula is C61H98O27. The molecule has 27 nitrogen and oxygen atoms in total. The predicted octanol–water partition coefficient (Wildman–Crippen LogP) is -2.43. The Morgan fingerprint density at radius 2 is 1.12 bits per heavy atom. The molecule has 88 heavy (non-hydrogen) atoms. The molecule has 0 spiro atoms. The van der Waals surface area contributed by atoms with Gasteiger partial charge in [-0.2, -0.15) is 0 Å². The number of aliphatic hydroxyl groups is 15. The molecular weight excluding hydrogens is 1160 g/mol. The van der Waals surface area contributed by atoms with Gasteiger partial charge >= 0.3 is 11.9 Å². The number of ether oxygens (including phenoxy) is 9. The third-order valence-corrected chi connectivity index (χ3v) is 24.1. The summed E-state index contributed by atoms with van der Waals surface area (Å²) in [6.45, 7) is 14.1. The molecule has 5 saturated carbocycles. The number of hydrogen-bond donors (Lipinski definition) is 16. The Balaban J connectivity index is 0.913. The highest BCUT2D eigenvalue weighted by Crippen LogP contribution is 2.76. The summed E-state index contributed by atoms with van der Waals surface area (Å²) < 4.78 is 55.1. The highest BCUT2D eigenvalue weighted by molar-refractivity contribution is 5.79. The molecule has 9 fully saturated rings. The highest BCUT2D eigenvalue weighted by Gasteiger charge is 2.71. The van der Waals surface area contributed by atoms with Crippen LogP contribution in [0.1, 0.15) is 126 Å². The number of rotatable bonds is 14. The van der Waals surface area contributed by atoms with Crippen LogP contribution in [-0.2, 0) is 52.2 Å². The summed E-state index contributed by atoms with van der Waals surface area (Å²) >= 11 is 0. The van der Waals surface area contributed by atoms with Gasteiger partial charge in [0, 0.05) is 5.41 Å². The van der Waals surface area contributed by atoms with Crippen molar-refractivity contribution in [3.8, 4) is 0 Å². The van der Waals surface area contributed by atoms with E-state index in [1.807, 2.05) is 6.92 Å². The van der Waals surface area contributed by atoms with Gasteiger partial charge in [-0.05, 0) is 123 Å². The topological polar surface area (TPSA) is 441 Å². The SMILES string of the molecule is CC1CC(OC2C(OC3C(OC4CCC5(C)C(CCC6(C)C5CC=C5C7CC(C)(C)CCC7(C(=O)OC7OC(CO)C(O)C(O)C7OC7OC(C)C(O)C(O)C7O)CCC56C)C4(C)CO)OC(C(=O)O)C(O)C3O)OC(CO)C(O)C2O)C(O)C(O)C1O. The molecule has 4 saturated heterocycles. The van der Waals surface area contributed by atoms with Gasteiger partial charge in [-0.3, -0.25) is 4.79 Å². The minimum Gasteiger partial charge on any atom is -0.479 e. The summed E-state index contributed by atoms with van der Waals surface area (Å²) in [5.74, 6) is -3.48. The molecule has 10 rings (SSSR count). The number of aliphatic carboxylic acids is 1. The van der Waals surface area contributed by atoms with Crippen LogP contribution < -0.4 is 0 Å². The van der Waals surface area contributed by atoms with Gasteiger partial charge in [0.25, 0.3) is 0 Å². The van der Waals surface area contributed by atoms with E-state index in [9.17, 15) is 86.5 Å². The van der Waals surface area contributed by atoms with Gasteiger partial charge in [-0.25, -0.2) is 4.79 Å². The molecule has 34 unspecified atom stereocenters. The van der Waals surface area contributed by atoms with E-state index in [4.69, 9.17) is 42.6 Å². The number of hydrogen-bond acceptors (Lipinski definition) is 26. The summed E-state index contributed by atoms with van der Waals surface area (Å²) in [7, 11) is 0. The van der Waals surface area contributed by atoms with Crippen LogP contribution in [0.2, 0.25) is 0 Å². The van der Waals surface area contributed by atoms with Gasteiger partial charge in [-0.15, -0.1) is 0 Å². The van der Waals surface area contributed by atoms with E-state index in [2.05, 4.69) is 40.7 Å². The van der Waals surface area contributed by atoms with Gasteiger partial charge in [-0.1, -0.05) is 60.1 Å². The van der Waals surface area contributed by atoms with Crippen molar-refractivity contribution in [2.45, 2.75) is 279 Å². The largest absolute Gasteiger partial charge is 0.479 e. The lowest BCUT2D eigenvalue weighted by Crippen LogP contribution is -2.68. The lowest BCUT2D eigenvalue weighted by atomic mass is 9.33. The molecule has 4 aliphatic heterocycles. The van der Waals surface area contributed by atoms with Crippen LogP contribution in [0.5, 0.6) is 0 Å². The van der Waals surface area contributed by atoms with Crippen LogP contribution in [0.25, 0.3) is 0 Å². The van der Waals surface area contributed by atoms with Crippen molar-refractivity contribution < 1.29 is 134 Å². The number of fused-ring (bicyclic) bond motifs is 7. The molecule has 34 atom stereocenters. The molecule has 27 heteroatoms. The molecule has 4 heterocycles. The fraction of sp³-hybridized carbons (Fsp3) is 0.934. The molecule has 0 aromatic rings. The molecule has 0 radical (unpaired) electrons. The monoisotopic (exact) mass is 1260 g/mol. The smallest absolute Gasteiger partial charge is 0.335 e. The van der Waals surface area contributed by atoms with E-state index in [1.165, 1.54) is 6.92 Å². The Bertz CT molecular complexity index is 2510. The minimum atomic E-state index is -2.13. The third kappa shape index (κ3) is 11.3. The fourth-order valence-corrected chi connectivity index (χ4v) is 18.3. The van der Waals surface area contributed by atoms with E-state index in [-0.39, 0.29) is 36.0 Å². The van der Waals surface area contributed by atoms with Crippen molar-refractivity contribution in [2.75, 3.05) is 19.8 Å². The number of esters is 1. The first kappa shape index (κ1) is 68.6. The van der Waals surface area contributed by atoms with Crippen molar-refractivity contribution in [1.29, 1.82) is 0 Å². The zero-order valence-electron chi connectivity index (χ0n) is 51.4. The van der Waals surface area contributed by atoms with Crippen molar-refractivity contribution in [3.05, 3.63) is 11.6 Å². The maximum Gasteiger partial charge on any atom is 0.335 e. The number of carboxylic acid groups (broad SMARTS) is 1. The second-order valence-electron chi connectivity index (χ2n) is 29.5. The average Bonchev–Trinajstić information content (AvgIpc) is 0.728. The number of carboxylic acids is 1. The summed E-state index contributed by atoms with van der Waals surface area (Å²) in [6, 6.07) is 0. The quantitative estimate of drug-likeness (QED) is 0.0489. The molecule has 16 N–H and O–H groups in total. The van der Waals surface area contributed by atoms with Crippen molar-refractivity contribution in [2.24, 2.45) is 56.2 Å². The van der Waals surface area contributed by atoms with Gasteiger partial charge in [0.05, 0.1) is 49.7 Å². The Morgan fingerprint density at radius 3 is 1.75 bits per heavy atom. The molecule has 0 aromatic carbocycles. The second-order valence-corrected chi connectivity index (χ2v) is 29.5. The van der Waals surface area contributed by atoms with Crippen LogP contribution in [0.15, 0.2) is 11.6 Å². The normalized spacial score (nSPS) is 54.6. The van der Waals surface area contributed by atoms with Gasteiger partial charge in [0.1, 0.15) is 91.6 Å². The molecule has 6 aliphatic carbocycles. The Labute approximate surface area is 511 Å². The first-order valence-corrected chi connectivity index (χ1v) is 31.6. The number of allylic oxidation sites excluding steroid dienone is 2. The van der Waals surface area contributed by atoms with E-state index in [1.54, 1.807) is 6.92 Å². The Kier molecular flexibility index (Phi) is 19.6. The average molecular weight is 1260 g/mol. The van der Waals surface area contributed by atoms with Crippen molar-refractivity contribution in [3.63, 3.8) is 0 Å². The number of aliphatic hydroxyl groups excluding tert-OH is 15. The van der Waals surface area contributed by atoms with Crippen molar-refractivity contribution >= 4 is 11.9 Å². The van der Waals surface area contributed by atoms with Gasteiger partial charge in [0.2, 0.25) is 6.29 Å². The molecule has 504 valence electrons. The van der Waals surface area contributed by atoms with E-state index < -0.39 is 218 Å². The van der Waals surface area contributed by atoms with E-state index >= 15 is 4.79 Å².